The van der Waals surface area contributed by atoms with Crippen molar-refractivity contribution in [2.75, 3.05) is 13.7 Å². The smallest absolute Gasteiger partial charge is 0.410 e. The van der Waals surface area contributed by atoms with Crippen molar-refractivity contribution in [3.05, 3.63) is 12.7 Å². The summed E-state index contributed by atoms with van der Waals surface area (Å²) in [6.45, 7) is 5.76. The van der Waals surface area contributed by atoms with Crippen LogP contribution in [0.5, 0.6) is 0 Å². The normalized spacial score (nSPS) is 11.6. The van der Waals surface area contributed by atoms with Crippen LogP contribution in [0.25, 0.3) is 0 Å². The second kappa shape index (κ2) is 7.73. The molecule has 0 aromatic carbocycles. The Hall–Kier alpha value is -1.52. The Bertz CT molecular complexity index is 252. The summed E-state index contributed by atoms with van der Waals surface area (Å²) in [5.74, 6) is -1.06. The predicted molar refractivity (Wildman–Crippen MR) is 60.3 cm³/mol. The number of carboxylic acids is 1. The van der Waals surface area contributed by atoms with Gasteiger partial charge in [-0.1, -0.05) is 19.4 Å². The van der Waals surface area contributed by atoms with Gasteiger partial charge in [-0.3, -0.25) is 4.90 Å². The summed E-state index contributed by atoms with van der Waals surface area (Å²) in [6, 6.07) is -0.911. The maximum atomic E-state index is 11.4. The second-order valence-corrected chi connectivity index (χ2v) is 3.46. The minimum Gasteiger partial charge on any atom is -0.480 e. The Morgan fingerprint density at radius 3 is 2.62 bits per heavy atom. The average molecular weight is 229 g/mol. The van der Waals surface area contributed by atoms with Crippen molar-refractivity contribution in [3.63, 3.8) is 0 Å². The van der Waals surface area contributed by atoms with E-state index in [1.54, 1.807) is 0 Å². The molecule has 5 heteroatoms. The molecular weight excluding hydrogens is 210 g/mol. The molecule has 0 fully saturated rings. The van der Waals surface area contributed by atoms with Crippen molar-refractivity contribution in [2.24, 2.45) is 0 Å². The summed E-state index contributed by atoms with van der Waals surface area (Å²) in [5.41, 5.74) is 0. The minimum absolute atomic E-state index is 0.203. The van der Waals surface area contributed by atoms with Gasteiger partial charge in [0.1, 0.15) is 6.04 Å². The Labute approximate surface area is 95.7 Å². The van der Waals surface area contributed by atoms with Gasteiger partial charge in [-0.05, 0) is 12.8 Å². The van der Waals surface area contributed by atoms with Crippen molar-refractivity contribution in [1.82, 2.24) is 4.90 Å². The van der Waals surface area contributed by atoms with E-state index >= 15 is 0 Å². The van der Waals surface area contributed by atoms with E-state index in [-0.39, 0.29) is 6.42 Å². The molecule has 1 amide bonds. The first-order valence-corrected chi connectivity index (χ1v) is 5.27. The first-order valence-electron chi connectivity index (χ1n) is 5.27. The second-order valence-electron chi connectivity index (χ2n) is 3.46. The molecule has 0 rings (SSSR count). The molecule has 0 saturated heterocycles. The number of hydrogen-bond donors (Lipinski definition) is 1. The third-order valence-electron chi connectivity index (χ3n) is 2.15. The molecule has 0 aromatic rings. The van der Waals surface area contributed by atoms with E-state index in [4.69, 9.17) is 9.84 Å². The van der Waals surface area contributed by atoms with Crippen molar-refractivity contribution in [3.8, 4) is 0 Å². The van der Waals surface area contributed by atoms with Gasteiger partial charge in [-0.2, -0.15) is 0 Å². The van der Waals surface area contributed by atoms with Crippen molar-refractivity contribution in [1.29, 1.82) is 0 Å². The molecule has 0 unspecified atom stereocenters. The summed E-state index contributed by atoms with van der Waals surface area (Å²) < 4.78 is 4.91. The first-order chi connectivity index (χ1) is 7.54. The van der Waals surface area contributed by atoms with Crippen LogP contribution in [0, 0.1) is 0 Å². The average Bonchev–Trinajstić information content (AvgIpc) is 2.24. The highest BCUT2D eigenvalue weighted by atomic mass is 16.6. The number of amides is 1. The van der Waals surface area contributed by atoms with Gasteiger partial charge in [-0.25, -0.2) is 9.59 Å². The number of carbonyl (C=O) groups is 2. The quantitative estimate of drug-likeness (QED) is 0.534. The van der Waals surface area contributed by atoms with Gasteiger partial charge < -0.3 is 9.84 Å². The van der Waals surface area contributed by atoms with E-state index in [0.717, 1.165) is 17.7 Å². The molecule has 16 heavy (non-hydrogen) atoms. The molecule has 0 aliphatic rings. The zero-order valence-electron chi connectivity index (χ0n) is 9.81. The zero-order chi connectivity index (χ0) is 12.6. The van der Waals surface area contributed by atoms with Crippen LogP contribution in [0.3, 0.4) is 0 Å². The molecule has 0 bridgehead atoms. The van der Waals surface area contributed by atoms with Crippen molar-refractivity contribution in [2.45, 2.75) is 32.2 Å². The monoisotopic (exact) mass is 229 g/mol. The number of carboxylic acid groups (broad SMARTS) is 1. The maximum absolute atomic E-state index is 11.4. The van der Waals surface area contributed by atoms with Gasteiger partial charge in [0.05, 0.1) is 6.61 Å². The summed E-state index contributed by atoms with van der Waals surface area (Å²) >= 11 is 0. The fourth-order valence-electron chi connectivity index (χ4n) is 1.12. The molecule has 0 spiro atoms. The summed E-state index contributed by atoms with van der Waals surface area (Å²) in [7, 11) is 1.41. The van der Waals surface area contributed by atoms with Crippen molar-refractivity contribution >= 4 is 12.1 Å². The van der Waals surface area contributed by atoms with Gasteiger partial charge >= 0.3 is 12.1 Å². The number of unbranched alkanes of at least 4 members (excludes halogenated alkanes) is 1. The number of nitrogens with zero attached hydrogens (tertiary/aromatic N) is 1. The topological polar surface area (TPSA) is 66.8 Å². The van der Waals surface area contributed by atoms with Gasteiger partial charge in [0.25, 0.3) is 0 Å². The Morgan fingerprint density at radius 1 is 1.56 bits per heavy atom. The third-order valence-corrected chi connectivity index (χ3v) is 2.15. The van der Waals surface area contributed by atoms with E-state index < -0.39 is 18.1 Å². The van der Waals surface area contributed by atoms with Crippen LogP contribution >= 0.6 is 0 Å². The van der Waals surface area contributed by atoms with E-state index in [9.17, 15) is 9.59 Å². The molecule has 0 radical (unpaired) electrons. The summed E-state index contributed by atoms with van der Waals surface area (Å²) in [5, 5.41) is 8.90. The Kier molecular flexibility index (Phi) is 7.00. The number of rotatable bonds is 7. The molecule has 0 saturated carbocycles. The molecule has 1 atom stereocenters. The Morgan fingerprint density at radius 2 is 2.19 bits per heavy atom. The van der Waals surface area contributed by atoms with Crippen LogP contribution in [-0.2, 0) is 9.53 Å². The highest BCUT2D eigenvalue weighted by Crippen LogP contribution is 2.05. The van der Waals surface area contributed by atoms with Crippen LogP contribution in [0.4, 0.5) is 4.79 Å². The predicted octanol–water partition coefficient (Wildman–Crippen LogP) is 1.88. The van der Waals surface area contributed by atoms with Gasteiger partial charge in [-0.15, -0.1) is 6.58 Å². The van der Waals surface area contributed by atoms with Gasteiger partial charge in [0, 0.05) is 7.05 Å². The van der Waals surface area contributed by atoms with Gasteiger partial charge in [0.2, 0.25) is 0 Å². The highest BCUT2D eigenvalue weighted by molar-refractivity contribution is 5.80. The SMILES string of the molecule is C=CC[C@@H](C(=O)O)N(C)C(=O)OCCCC. The molecule has 0 aromatic heterocycles. The Balaban J connectivity index is 4.25. The number of carbonyl (C=O) groups excluding carboxylic acids is 1. The van der Waals surface area contributed by atoms with E-state index in [2.05, 4.69) is 6.58 Å². The molecule has 1 N–H and O–H groups in total. The first kappa shape index (κ1) is 14.5. The van der Waals surface area contributed by atoms with Gasteiger partial charge in [0.15, 0.2) is 0 Å². The van der Waals surface area contributed by atoms with Crippen LogP contribution in [0.2, 0.25) is 0 Å². The summed E-state index contributed by atoms with van der Waals surface area (Å²) in [6.07, 6.45) is 2.76. The van der Waals surface area contributed by atoms with Crippen LogP contribution < -0.4 is 0 Å². The van der Waals surface area contributed by atoms with Crippen molar-refractivity contribution < 1.29 is 19.4 Å². The molecular formula is C11H19NO4. The lowest BCUT2D eigenvalue weighted by atomic mass is 10.2. The largest absolute Gasteiger partial charge is 0.480 e. The zero-order valence-corrected chi connectivity index (χ0v) is 9.81. The fraction of sp³-hybridized carbons (Fsp3) is 0.636. The van der Waals surface area contributed by atoms with Crippen LogP contribution in [-0.4, -0.2) is 41.8 Å². The van der Waals surface area contributed by atoms with Crippen LogP contribution in [0.15, 0.2) is 12.7 Å². The number of ether oxygens (including phenoxy) is 1. The van der Waals surface area contributed by atoms with E-state index in [1.807, 2.05) is 6.92 Å². The molecule has 0 aliphatic carbocycles. The van der Waals surface area contributed by atoms with E-state index in [1.165, 1.54) is 13.1 Å². The number of aliphatic carboxylic acids is 1. The summed E-state index contributed by atoms with van der Waals surface area (Å²) in [4.78, 5) is 23.4. The third kappa shape index (κ3) is 4.82. The number of likely N-dealkylation sites (N-methyl/N-ethyl adjacent to an activating group) is 1. The fourth-order valence-corrected chi connectivity index (χ4v) is 1.12. The highest BCUT2D eigenvalue weighted by Gasteiger charge is 2.26. The molecule has 92 valence electrons. The standard InChI is InChI=1S/C11H19NO4/c1-4-6-8-16-11(15)12(3)9(7-5-2)10(13)14/h5,9H,2,4,6-8H2,1,3H3,(H,13,14)/t9-/m0/s1. The van der Waals surface area contributed by atoms with E-state index in [0.29, 0.717) is 6.61 Å². The lowest BCUT2D eigenvalue weighted by Gasteiger charge is -2.23. The molecule has 0 aliphatic heterocycles. The molecule has 0 heterocycles. The lowest BCUT2D eigenvalue weighted by Crippen LogP contribution is -2.42. The lowest BCUT2D eigenvalue weighted by molar-refractivity contribution is -0.142. The molecule has 5 nitrogen and oxygen atoms in total. The number of hydrogen-bond acceptors (Lipinski definition) is 3. The maximum Gasteiger partial charge on any atom is 0.410 e. The minimum atomic E-state index is -1.06. The van der Waals surface area contributed by atoms with Crippen LogP contribution in [0.1, 0.15) is 26.2 Å².